The van der Waals surface area contributed by atoms with Crippen LogP contribution in [-0.2, 0) is 34.0 Å². The maximum atomic E-state index is 13.3. The second kappa shape index (κ2) is 13.5. The van der Waals surface area contributed by atoms with Gasteiger partial charge in [0.15, 0.2) is 0 Å². The van der Waals surface area contributed by atoms with Gasteiger partial charge in [-0.3, -0.25) is 9.59 Å². The standard InChI is InChI=1S/C29H30F6N4O6/c1-27(2,3)45-26(42)37-25-38(4)9-10-39(25)16-17-11-19(14-21(12-17)44-29(33,34)35)24(41)36-22(15-23(40)43-5)18-7-6-8-20(13-18)28(30,31)32/h6-14,22H,15-16H2,1-5H3,(H,36,41)/b37-25+/t22-/m0/s1. The summed E-state index contributed by atoms with van der Waals surface area (Å²) in [4.78, 5) is 41.6. The third-order valence-corrected chi connectivity index (χ3v) is 5.96. The lowest BCUT2D eigenvalue weighted by Crippen LogP contribution is -2.31. The zero-order chi connectivity index (χ0) is 33.7. The first-order valence-electron chi connectivity index (χ1n) is 13.2. The Labute approximate surface area is 253 Å². The molecule has 244 valence electrons. The van der Waals surface area contributed by atoms with E-state index in [0.717, 1.165) is 37.4 Å². The highest BCUT2D eigenvalue weighted by molar-refractivity contribution is 5.95. The van der Waals surface area contributed by atoms with Crippen molar-refractivity contribution in [1.29, 1.82) is 0 Å². The van der Waals surface area contributed by atoms with Crippen molar-refractivity contribution in [3.63, 3.8) is 0 Å². The van der Waals surface area contributed by atoms with Gasteiger partial charge in [-0.2, -0.15) is 13.2 Å². The quantitative estimate of drug-likeness (QED) is 0.250. The van der Waals surface area contributed by atoms with E-state index in [1.165, 1.54) is 33.7 Å². The third kappa shape index (κ3) is 10.4. The van der Waals surface area contributed by atoms with Crippen molar-refractivity contribution < 1.29 is 54.9 Å². The molecule has 0 aliphatic carbocycles. The first kappa shape index (κ1) is 34.7. The van der Waals surface area contributed by atoms with E-state index in [4.69, 9.17) is 4.74 Å². The number of methoxy groups -OCH3 is 1. The molecule has 1 aromatic heterocycles. The van der Waals surface area contributed by atoms with Gasteiger partial charge in [-0.05, 0) is 62.2 Å². The van der Waals surface area contributed by atoms with Crippen LogP contribution in [0.4, 0.5) is 31.1 Å². The summed E-state index contributed by atoms with van der Waals surface area (Å²) in [7, 11) is 2.61. The number of carbonyl (C=O) groups excluding carboxylic acids is 3. The first-order valence-corrected chi connectivity index (χ1v) is 13.2. The highest BCUT2D eigenvalue weighted by Gasteiger charge is 2.33. The van der Waals surface area contributed by atoms with Crippen molar-refractivity contribution >= 4 is 18.0 Å². The van der Waals surface area contributed by atoms with Crippen molar-refractivity contribution in [2.75, 3.05) is 7.11 Å². The number of esters is 1. The summed E-state index contributed by atoms with van der Waals surface area (Å²) >= 11 is 0. The fourth-order valence-corrected chi connectivity index (χ4v) is 4.10. The van der Waals surface area contributed by atoms with E-state index >= 15 is 0 Å². The highest BCUT2D eigenvalue weighted by Crippen LogP contribution is 2.32. The van der Waals surface area contributed by atoms with E-state index in [-0.39, 0.29) is 28.9 Å². The lowest BCUT2D eigenvalue weighted by molar-refractivity contribution is -0.274. The molecule has 1 N–H and O–H groups in total. The van der Waals surface area contributed by atoms with Crippen molar-refractivity contribution in [2.45, 2.75) is 57.9 Å². The number of hydrogen-bond acceptors (Lipinski definition) is 6. The maximum absolute atomic E-state index is 13.3. The molecule has 0 saturated heterocycles. The molecule has 0 bridgehead atoms. The van der Waals surface area contributed by atoms with Crippen molar-refractivity contribution in [2.24, 2.45) is 12.0 Å². The Balaban J connectivity index is 2.02. The molecule has 0 radical (unpaired) electrons. The predicted octanol–water partition coefficient (Wildman–Crippen LogP) is 5.66. The number of halogens is 6. The minimum atomic E-state index is -5.13. The fraction of sp³-hybridized carbons (Fsp3) is 0.379. The van der Waals surface area contributed by atoms with Gasteiger partial charge in [0, 0.05) is 25.0 Å². The van der Waals surface area contributed by atoms with Crippen molar-refractivity contribution in [3.8, 4) is 5.75 Å². The smallest absolute Gasteiger partial charge is 0.469 e. The summed E-state index contributed by atoms with van der Waals surface area (Å²) in [6.07, 6.45) is -8.34. The number of nitrogens with one attached hydrogen (secondary N) is 1. The number of aryl methyl sites for hydroxylation is 1. The van der Waals surface area contributed by atoms with Gasteiger partial charge >= 0.3 is 24.6 Å². The van der Waals surface area contributed by atoms with E-state index in [2.05, 4.69) is 19.8 Å². The van der Waals surface area contributed by atoms with Crippen LogP contribution in [0.1, 0.15) is 60.3 Å². The van der Waals surface area contributed by atoms with Crippen LogP contribution in [0.2, 0.25) is 0 Å². The molecule has 0 fully saturated rings. The molecular weight excluding hydrogens is 614 g/mol. The van der Waals surface area contributed by atoms with Gasteiger partial charge in [0.1, 0.15) is 11.4 Å². The Kier molecular flexibility index (Phi) is 10.4. The zero-order valence-corrected chi connectivity index (χ0v) is 24.7. The van der Waals surface area contributed by atoms with Crippen LogP contribution in [0.25, 0.3) is 0 Å². The van der Waals surface area contributed by atoms with E-state index in [1.54, 1.807) is 27.8 Å². The molecular formula is C29H30F6N4O6. The average molecular weight is 645 g/mol. The molecule has 0 saturated carbocycles. The second-order valence-corrected chi connectivity index (χ2v) is 10.8. The number of amides is 2. The van der Waals surface area contributed by atoms with Crippen LogP contribution >= 0.6 is 0 Å². The molecule has 3 rings (SSSR count). The molecule has 0 unspecified atom stereocenters. The summed E-state index contributed by atoms with van der Waals surface area (Å²) < 4.78 is 96.3. The van der Waals surface area contributed by atoms with Crippen LogP contribution in [0.5, 0.6) is 5.75 Å². The molecule has 0 spiro atoms. The molecule has 2 aromatic carbocycles. The number of ether oxygens (including phenoxy) is 3. The Morgan fingerprint density at radius 1 is 0.978 bits per heavy atom. The number of nitrogens with zero attached hydrogens (tertiary/aromatic N) is 3. The number of carbonyl (C=O) groups is 3. The summed E-state index contributed by atoms with van der Waals surface area (Å²) in [5.74, 6) is -2.66. The van der Waals surface area contributed by atoms with Crippen LogP contribution in [0, 0.1) is 0 Å². The molecule has 10 nitrogen and oxygen atoms in total. The van der Waals surface area contributed by atoms with Crippen molar-refractivity contribution in [3.05, 3.63) is 82.7 Å². The molecule has 0 aliphatic rings. The van der Waals surface area contributed by atoms with E-state index < -0.39 is 59.9 Å². The SMILES string of the molecule is COC(=O)C[C@H](NC(=O)c1cc(Cn2ccn(C)/c2=N\C(=O)OC(C)(C)C)cc(OC(F)(F)F)c1)c1cccc(C(F)(F)F)c1. The fourth-order valence-electron chi connectivity index (χ4n) is 4.10. The lowest BCUT2D eigenvalue weighted by atomic mass is 10.00. The molecule has 2 amide bonds. The Bertz CT molecular complexity index is 1620. The topological polar surface area (TPSA) is 113 Å². The van der Waals surface area contributed by atoms with E-state index in [0.29, 0.717) is 0 Å². The van der Waals surface area contributed by atoms with Crippen LogP contribution in [-0.4, -0.2) is 46.2 Å². The number of aromatic nitrogens is 2. The van der Waals surface area contributed by atoms with E-state index in [1.807, 2.05) is 0 Å². The number of alkyl halides is 6. The van der Waals surface area contributed by atoms with Gasteiger partial charge < -0.3 is 28.7 Å². The molecule has 16 heteroatoms. The van der Waals surface area contributed by atoms with Crippen molar-refractivity contribution in [1.82, 2.24) is 14.5 Å². The summed E-state index contributed by atoms with van der Waals surface area (Å²) in [6, 6.07) is 5.55. The molecule has 1 heterocycles. The Morgan fingerprint density at radius 3 is 2.27 bits per heavy atom. The normalized spacial score (nSPS) is 13.3. The summed E-state index contributed by atoms with van der Waals surface area (Å²) in [6.45, 7) is 4.72. The number of hydrogen-bond donors (Lipinski definition) is 1. The van der Waals surface area contributed by atoms with Crippen LogP contribution in [0.15, 0.2) is 59.9 Å². The van der Waals surface area contributed by atoms with Gasteiger partial charge in [-0.25, -0.2) is 4.79 Å². The average Bonchev–Trinajstić information content (AvgIpc) is 3.23. The Morgan fingerprint density at radius 2 is 1.67 bits per heavy atom. The van der Waals surface area contributed by atoms with Crippen LogP contribution < -0.4 is 15.7 Å². The largest absolute Gasteiger partial charge is 0.573 e. The minimum Gasteiger partial charge on any atom is -0.469 e. The monoisotopic (exact) mass is 644 g/mol. The Hall–Kier alpha value is -4.76. The van der Waals surface area contributed by atoms with Gasteiger partial charge in [0.25, 0.3) is 5.91 Å². The number of rotatable bonds is 8. The van der Waals surface area contributed by atoms with Gasteiger partial charge in [-0.15, -0.1) is 18.2 Å². The second-order valence-electron chi connectivity index (χ2n) is 10.8. The summed E-state index contributed by atoms with van der Waals surface area (Å²) in [5, 5.41) is 2.40. The third-order valence-electron chi connectivity index (χ3n) is 5.96. The predicted molar refractivity (Wildman–Crippen MR) is 146 cm³/mol. The summed E-state index contributed by atoms with van der Waals surface area (Å²) in [5.41, 5.74) is -2.18. The number of benzene rings is 2. The highest BCUT2D eigenvalue weighted by atomic mass is 19.4. The molecule has 3 aromatic rings. The van der Waals surface area contributed by atoms with Crippen LogP contribution in [0.3, 0.4) is 0 Å². The molecule has 0 aliphatic heterocycles. The first-order chi connectivity index (χ1) is 20.7. The van der Waals surface area contributed by atoms with E-state index in [9.17, 15) is 40.7 Å². The van der Waals surface area contributed by atoms with Gasteiger partial charge in [-0.1, -0.05) is 12.1 Å². The minimum absolute atomic E-state index is 0.0695. The molecule has 1 atom stereocenters. The maximum Gasteiger partial charge on any atom is 0.573 e. The zero-order valence-electron chi connectivity index (χ0n) is 24.7. The van der Waals surface area contributed by atoms with Gasteiger partial charge in [0.2, 0.25) is 5.62 Å². The molecule has 45 heavy (non-hydrogen) atoms. The van der Waals surface area contributed by atoms with Gasteiger partial charge in [0.05, 0.1) is 31.7 Å². The number of imidazole rings is 1. The lowest BCUT2D eigenvalue weighted by Gasteiger charge is -2.20.